The van der Waals surface area contributed by atoms with Gasteiger partial charge in [-0.1, -0.05) is 25.0 Å². The molecule has 142 valence electrons. The maximum Gasteiger partial charge on any atom is 0.233 e. The number of amides is 1. The summed E-state index contributed by atoms with van der Waals surface area (Å²) in [5.74, 6) is 0.130. The van der Waals surface area contributed by atoms with Crippen LogP contribution in [0.4, 0.5) is 10.1 Å². The fourth-order valence-electron chi connectivity index (χ4n) is 4.52. The lowest BCUT2D eigenvalue weighted by Gasteiger charge is -2.40. The summed E-state index contributed by atoms with van der Waals surface area (Å²) in [6.07, 6.45) is 3.62. The minimum Gasteiger partial charge on any atom is -0.508 e. The molecule has 1 saturated carbocycles. The fraction of sp³-hybridized carbons (Fsp3) is 0.409. The number of piperazine rings is 1. The van der Waals surface area contributed by atoms with Gasteiger partial charge in [-0.15, -0.1) is 0 Å². The monoisotopic (exact) mass is 368 g/mol. The first kappa shape index (κ1) is 17.8. The van der Waals surface area contributed by atoms with E-state index >= 15 is 0 Å². The number of carbonyl (C=O) groups excluding carboxylic acids is 1. The molecule has 1 heterocycles. The van der Waals surface area contributed by atoms with Gasteiger partial charge in [-0.3, -0.25) is 4.79 Å². The lowest BCUT2D eigenvalue weighted by atomic mass is 9.77. The van der Waals surface area contributed by atoms with Crippen molar-refractivity contribution in [1.29, 1.82) is 0 Å². The molecule has 1 N–H and O–H groups in total. The predicted octanol–water partition coefficient (Wildman–Crippen LogP) is 3.69. The number of nitrogens with zero attached hydrogens (tertiary/aromatic N) is 2. The quantitative estimate of drug-likeness (QED) is 0.899. The van der Waals surface area contributed by atoms with Gasteiger partial charge in [-0.2, -0.15) is 0 Å². The number of aromatic hydroxyl groups is 1. The number of halogens is 1. The van der Waals surface area contributed by atoms with Gasteiger partial charge in [-0.25, -0.2) is 4.39 Å². The van der Waals surface area contributed by atoms with Gasteiger partial charge < -0.3 is 14.9 Å². The second-order valence-corrected chi connectivity index (χ2v) is 7.60. The van der Waals surface area contributed by atoms with Gasteiger partial charge in [0.1, 0.15) is 11.6 Å². The Hall–Kier alpha value is -2.56. The highest BCUT2D eigenvalue weighted by Crippen LogP contribution is 2.43. The zero-order valence-electron chi connectivity index (χ0n) is 15.4. The van der Waals surface area contributed by atoms with Crippen molar-refractivity contribution in [2.45, 2.75) is 31.1 Å². The van der Waals surface area contributed by atoms with Crippen LogP contribution in [0.5, 0.6) is 5.75 Å². The number of phenols is 1. The van der Waals surface area contributed by atoms with Crippen LogP contribution in [0.2, 0.25) is 0 Å². The highest BCUT2D eigenvalue weighted by atomic mass is 19.1. The Balaban J connectivity index is 1.50. The number of hydrogen-bond acceptors (Lipinski definition) is 3. The first-order valence-corrected chi connectivity index (χ1v) is 9.68. The highest BCUT2D eigenvalue weighted by molar-refractivity contribution is 5.89. The van der Waals surface area contributed by atoms with Crippen molar-refractivity contribution < 1.29 is 14.3 Å². The van der Waals surface area contributed by atoms with E-state index in [1.54, 1.807) is 18.2 Å². The maximum atomic E-state index is 13.8. The van der Waals surface area contributed by atoms with Crippen LogP contribution in [0.1, 0.15) is 31.2 Å². The van der Waals surface area contributed by atoms with E-state index < -0.39 is 5.41 Å². The molecule has 0 aromatic heterocycles. The topological polar surface area (TPSA) is 43.8 Å². The molecule has 4 nitrogen and oxygen atoms in total. The SMILES string of the molecule is O=C(N1CCN(c2ccc(O)cc2)CC1)C1(c2cccc(F)c2)CCCC1. The van der Waals surface area contributed by atoms with Crippen LogP contribution in [0.15, 0.2) is 48.5 Å². The van der Waals surface area contributed by atoms with Gasteiger partial charge in [-0.05, 0) is 54.8 Å². The van der Waals surface area contributed by atoms with Crippen molar-refractivity contribution in [2.75, 3.05) is 31.1 Å². The maximum absolute atomic E-state index is 13.8. The van der Waals surface area contributed by atoms with Crippen LogP contribution >= 0.6 is 0 Å². The summed E-state index contributed by atoms with van der Waals surface area (Å²) in [6, 6.07) is 13.8. The van der Waals surface area contributed by atoms with Gasteiger partial charge in [0.25, 0.3) is 0 Å². The highest BCUT2D eigenvalue weighted by Gasteiger charge is 2.45. The van der Waals surface area contributed by atoms with E-state index in [1.165, 1.54) is 12.1 Å². The molecule has 0 unspecified atom stereocenters. The van der Waals surface area contributed by atoms with E-state index in [-0.39, 0.29) is 17.5 Å². The van der Waals surface area contributed by atoms with Gasteiger partial charge in [0.15, 0.2) is 0 Å². The molecule has 1 aliphatic carbocycles. The molecule has 5 heteroatoms. The Bertz CT molecular complexity index is 807. The molecular weight excluding hydrogens is 343 g/mol. The van der Waals surface area contributed by atoms with E-state index in [2.05, 4.69) is 4.90 Å². The van der Waals surface area contributed by atoms with Crippen LogP contribution in [-0.4, -0.2) is 42.1 Å². The zero-order valence-corrected chi connectivity index (χ0v) is 15.4. The second kappa shape index (κ2) is 7.22. The Kier molecular flexibility index (Phi) is 4.77. The largest absolute Gasteiger partial charge is 0.508 e. The number of benzene rings is 2. The summed E-state index contributed by atoms with van der Waals surface area (Å²) < 4.78 is 13.8. The van der Waals surface area contributed by atoms with Crippen molar-refractivity contribution in [2.24, 2.45) is 0 Å². The number of hydrogen-bond donors (Lipinski definition) is 1. The molecule has 2 aromatic rings. The molecule has 27 heavy (non-hydrogen) atoms. The third kappa shape index (κ3) is 3.38. The van der Waals surface area contributed by atoms with E-state index in [4.69, 9.17) is 0 Å². The average molecular weight is 368 g/mol. The Morgan fingerprint density at radius 1 is 0.963 bits per heavy atom. The van der Waals surface area contributed by atoms with Crippen LogP contribution in [-0.2, 0) is 10.2 Å². The zero-order chi connectivity index (χ0) is 18.9. The van der Waals surface area contributed by atoms with Crippen LogP contribution in [0, 0.1) is 5.82 Å². The molecule has 2 fully saturated rings. The lowest BCUT2D eigenvalue weighted by molar-refractivity contribution is -0.137. The normalized spacial score (nSPS) is 19.3. The number of carbonyl (C=O) groups is 1. The summed E-state index contributed by atoms with van der Waals surface area (Å²) in [7, 11) is 0. The summed E-state index contributed by atoms with van der Waals surface area (Å²) in [6.45, 7) is 2.85. The van der Waals surface area contributed by atoms with E-state index in [9.17, 15) is 14.3 Å². The summed E-state index contributed by atoms with van der Waals surface area (Å²) >= 11 is 0. The third-order valence-electron chi connectivity index (χ3n) is 6.03. The molecule has 2 aliphatic rings. The summed E-state index contributed by atoms with van der Waals surface area (Å²) in [4.78, 5) is 17.7. The van der Waals surface area contributed by atoms with E-state index in [0.29, 0.717) is 13.1 Å². The van der Waals surface area contributed by atoms with Gasteiger partial charge >= 0.3 is 0 Å². The first-order chi connectivity index (χ1) is 13.1. The fourth-order valence-corrected chi connectivity index (χ4v) is 4.52. The molecule has 1 saturated heterocycles. The molecule has 0 radical (unpaired) electrons. The molecule has 2 aromatic carbocycles. The molecule has 1 aliphatic heterocycles. The van der Waals surface area contributed by atoms with Gasteiger partial charge in [0, 0.05) is 31.9 Å². The summed E-state index contributed by atoms with van der Waals surface area (Å²) in [5, 5.41) is 9.45. The molecule has 0 bridgehead atoms. The minimum absolute atomic E-state index is 0.149. The number of phenolic OH excluding ortho intramolecular Hbond substituents is 1. The molecule has 0 atom stereocenters. The van der Waals surface area contributed by atoms with Crippen LogP contribution < -0.4 is 4.90 Å². The smallest absolute Gasteiger partial charge is 0.233 e. The Labute approximate surface area is 159 Å². The van der Waals surface area contributed by atoms with Crippen molar-refractivity contribution in [1.82, 2.24) is 4.90 Å². The van der Waals surface area contributed by atoms with Crippen molar-refractivity contribution in [3.63, 3.8) is 0 Å². The average Bonchev–Trinajstić information content (AvgIpc) is 3.19. The summed E-state index contributed by atoms with van der Waals surface area (Å²) in [5.41, 5.74) is 1.31. The van der Waals surface area contributed by atoms with Crippen LogP contribution in [0.3, 0.4) is 0 Å². The molecule has 1 amide bonds. The standard InChI is InChI=1S/C22H25FN2O2/c23-18-5-3-4-17(16-18)22(10-1-2-11-22)21(27)25-14-12-24(13-15-25)19-6-8-20(26)9-7-19/h3-9,16,26H,1-2,10-15H2. The third-order valence-corrected chi connectivity index (χ3v) is 6.03. The first-order valence-electron chi connectivity index (χ1n) is 9.68. The molecule has 4 rings (SSSR count). The lowest BCUT2D eigenvalue weighted by Crippen LogP contribution is -2.54. The Morgan fingerprint density at radius 2 is 1.63 bits per heavy atom. The molecule has 0 spiro atoms. The van der Waals surface area contributed by atoms with Crippen molar-refractivity contribution >= 4 is 11.6 Å². The minimum atomic E-state index is -0.567. The molecular formula is C22H25FN2O2. The number of anilines is 1. The van der Waals surface area contributed by atoms with Crippen molar-refractivity contribution in [3.05, 3.63) is 59.9 Å². The van der Waals surface area contributed by atoms with Crippen molar-refractivity contribution in [3.8, 4) is 5.75 Å². The second-order valence-electron chi connectivity index (χ2n) is 7.60. The Morgan fingerprint density at radius 3 is 2.26 bits per heavy atom. The van der Waals surface area contributed by atoms with Crippen LogP contribution in [0.25, 0.3) is 0 Å². The predicted molar refractivity (Wildman–Crippen MR) is 103 cm³/mol. The van der Waals surface area contributed by atoms with Gasteiger partial charge in [0.2, 0.25) is 5.91 Å². The van der Waals surface area contributed by atoms with Gasteiger partial charge in [0.05, 0.1) is 5.41 Å². The van der Waals surface area contributed by atoms with E-state index in [0.717, 1.165) is 50.0 Å². The number of rotatable bonds is 3. The van der Waals surface area contributed by atoms with E-state index in [1.807, 2.05) is 23.1 Å².